The van der Waals surface area contributed by atoms with Crippen molar-refractivity contribution in [2.45, 2.75) is 19.8 Å². The minimum Gasteiger partial charge on any atom is -0.504 e. The molecule has 7 heteroatoms. The van der Waals surface area contributed by atoms with E-state index >= 15 is 0 Å². The molecule has 1 aromatic carbocycles. The van der Waals surface area contributed by atoms with Gasteiger partial charge in [0, 0.05) is 16.6 Å². The van der Waals surface area contributed by atoms with E-state index in [2.05, 4.69) is 38.7 Å². The van der Waals surface area contributed by atoms with Crippen molar-refractivity contribution in [1.82, 2.24) is 10.7 Å². The van der Waals surface area contributed by atoms with Crippen LogP contribution in [0.25, 0.3) is 0 Å². The highest BCUT2D eigenvalue weighted by molar-refractivity contribution is 9.10. The lowest BCUT2D eigenvalue weighted by atomic mass is 10.2. The van der Waals surface area contributed by atoms with Crippen LogP contribution in [-0.4, -0.2) is 30.1 Å². The quantitative estimate of drug-likeness (QED) is 0.315. The maximum absolute atomic E-state index is 9.94. The Bertz CT molecular complexity index is 495. The van der Waals surface area contributed by atoms with Crippen molar-refractivity contribution < 1.29 is 9.84 Å². The number of rotatable bonds is 6. The van der Waals surface area contributed by atoms with Crippen molar-refractivity contribution in [3.05, 3.63) is 22.2 Å². The summed E-state index contributed by atoms with van der Waals surface area (Å²) in [5, 5.41) is 17.4. The molecular weight excluding hydrogens is 342 g/mol. The number of hydrogen-bond acceptors (Lipinski definition) is 4. The molecule has 5 nitrogen and oxygen atoms in total. The smallest absolute Gasteiger partial charge is 0.186 e. The number of methoxy groups -OCH3 is 1. The number of halogens is 1. The van der Waals surface area contributed by atoms with Crippen LogP contribution in [0.3, 0.4) is 0 Å². The number of hydrazone groups is 1. The van der Waals surface area contributed by atoms with Crippen LogP contribution < -0.4 is 15.5 Å². The second kappa shape index (κ2) is 8.76. The van der Waals surface area contributed by atoms with Gasteiger partial charge in [-0.15, -0.1) is 0 Å². The molecule has 0 heterocycles. The largest absolute Gasteiger partial charge is 0.504 e. The molecule has 0 bridgehead atoms. The summed E-state index contributed by atoms with van der Waals surface area (Å²) in [6.07, 6.45) is 3.64. The van der Waals surface area contributed by atoms with E-state index in [1.807, 2.05) is 0 Å². The third-order valence-electron chi connectivity index (χ3n) is 2.47. The number of ether oxygens (including phenoxy) is 1. The number of benzene rings is 1. The Balaban J connectivity index is 2.62. The number of phenols is 1. The second-order valence-electron chi connectivity index (χ2n) is 4.03. The molecule has 0 saturated heterocycles. The van der Waals surface area contributed by atoms with E-state index in [9.17, 15) is 5.11 Å². The van der Waals surface area contributed by atoms with Gasteiger partial charge in [-0.1, -0.05) is 29.3 Å². The van der Waals surface area contributed by atoms with Gasteiger partial charge in [-0.25, -0.2) is 0 Å². The SMILES string of the molecule is CCCCNC(=S)N/N=C/c1cc(Br)cc(OC)c1O. The number of nitrogens with zero attached hydrogens (tertiary/aromatic N) is 1. The molecule has 0 saturated carbocycles. The van der Waals surface area contributed by atoms with Crippen LogP contribution in [-0.2, 0) is 0 Å². The van der Waals surface area contributed by atoms with E-state index in [1.54, 1.807) is 12.1 Å². The first-order valence-corrected chi connectivity index (χ1v) is 7.42. The average Bonchev–Trinajstić information content (AvgIpc) is 2.42. The van der Waals surface area contributed by atoms with E-state index in [4.69, 9.17) is 17.0 Å². The molecule has 0 radical (unpaired) electrons. The standard InChI is InChI=1S/C13H18BrN3O2S/c1-3-4-5-15-13(20)17-16-8-9-6-10(14)7-11(19-2)12(9)18/h6-8,18H,3-5H2,1-2H3,(H2,15,17,20)/b16-8+. The molecule has 0 aliphatic carbocycles. The van der Waals surface area contributed by atoms with Crippen molar-refractivity contribution in [3.8, 4) is 11.5 Å². The molecule has 3 N–H and O–H groups in total. The summed E-state index contributed by atoms with van der Waals surface area (Å²) in [6.45, 7) is 2.92. The van der Waals surface area contributed by atoms with Gasteiger partial charge in [-0.05, 0) is 30.8 Å². The third-order valence-corrected chi connectivity index (χ3v) is 3.17. The highest BCUT2D eigenvalue weighted by Gasteiger charge is 2.07. The fourth-order valence-corrected chi connectivity index (χ4v) is 2.04. The van der Waals surface area contributed by atoms with Gasteiger partial charge in [0.05, 0.1) is 13.3 Å². The van der Waals surface area contributed by atoms with Gasteiger partial charge in [0.25, 0.3) is 0 Å². The number of phenolic OH excluding ortho intramolecular Hbond substituents is 1. The molecule has 110 valence electrons. The fourth-order valence-electron chi connectivity index (χ4n) is 1.43. The summed E-state index contributed by atoms with van der Waals surface area (Å²) in [4.78, 5) is 0. The first-order chi connectivity index (χ1) is 9.58. The van der Waals surface area contributed by atoms with Crippen LogP contribution in [0.2, 0.25) is 0 Å². The summed E-state index contributed by atoms with van der Waals surface area (Å²) >= 11 is 8.40. The topological polar surface area (TPSA) is 65.9 Å². The predicted molar refractivity (Wildman–Crippen MR) is 88.6 cm³/mol. The Morgan fingerprint density at radius 1 is 1.55 bits per heavy atom. The van der Waals surface area contributed by atoms with Gasteiger partial charge in [-0.3, -0.25) is 5.43 Å². The highest BCUT2D eigenvalue weighted by Crippen LogP contribution is 2.32. The molecule has 0 aliphatic rings. The Hall–Kier alpha value is -1.34. The Labute approximate surface area is 132 Å². The van der Waals surface area contributed by atoms with E-state index < -0.39 is 0 Å². The lowest BCUT2D eigenvalue weighted by molar-refractivity contribution is 0.373. The number of nitrogens with one attached hydrogen (secondary N) is 2. The van der Waals surface area contributed by atoms with Crippen LogP contribution in [0.1, 0.15) is 25.3 Å². The monoisotopic (exact) mass is 359 g/mol. The fraction of sp³-hybridized carbons (Fsp3) is 0.385. The molecule has 0 amide bonds. The van der Waals surface area contributed by atoms with Crippen LogP contribution in [0.5, 0.6) is 11.5 Å². The van der Waals surface area contributed by atoms with Crippen LogP contribution in [0, 0.1) is 0 Å². The molecule has 0 spiro atoms. The zero-order valence-electron chi connectivity index (χ0n) is 11.4. The van der Waals surface area contributed by atoms with Gasteiger partial charge in [0.1, 0.15) is 0 Å². The third kappa shape index (κ3) is 5.34. The van der Waals surface area contributed by atoms with Gasteiger partial charge in [-0.2, -0.15) is 5.10 Å². The number of unbranched alkanes of at least 4 members (excludes halogenated alkanes) is 1. The zero-order valence-corrected chi connectivity index (χ0v) is 13.8. The Morgan fingerprint density at radius 2 is 2.30 bits per heavy atom. The predicted octanol–water partition coefficient (Wildman–Crippen LogP) is 2.76. The van der Waals surface area contributed by atoms with Crippen LogP contribution >= 0.6 is 28.1 Å². The lowest BCUT2D eigenvalue weighted by Crippen LogP contribution is -2.32. The maximum atomic E-state index is 9.94. The molecule has 1 rings (SSSR count). The van der Waals surface area contributed by atoms with Gasteiger partial charge < -0.3 is 15.2 Å². The molecule has 0 fully saturated rings. The average molecular weight is 360 g/mol. The number of thiocarbonyl (C=S) groups is 1. The van der Waals surface area contributed by atoms with Crippen molar-refractivity contribution in [3.63, 3.8) is 0 Å². The number of hydrogen-bond donors (Lipinski definition) is 3. The maximum Gasteiger partial charge on any atom is 0.186 e. The van der Waals surface area contributed by atoms with E-state index in [0.717, 1.165) is 23.9 Å². The molecule has 0 aromatic heterocycles. The second-order valence-corrected chi connectivity index (χ2v) is 5.35. The summed E-state index contributed by atoms with van der Waals surface area (Å²) in [6, 6.07) is 3.41. The zero-order chi connectivity index (χ0) is 15.0. The van der Waals surface area contributed by atoms with Gasteiger partial charge in [0.2, 0.25) is 0 Å². The summed E-state index contributed by atoms with van der Waals surface area (Å²) in [5.41, 5.74) is 3.22. The van der Waals surface area contributed by atoms with E-state index in [-0.39, 0.29) is 5.75 Å². The molecule has 0 aliphatic heterocycles. The van der Waals surface area contributed by atoms with E-state index in [0.29, 0.717) is 16.4 Å². The molecule has 0 atom stereocenters. The van der Waals surface area contributed by atoms with Crippen molar-refractivity contribution in [2.75, 3.05) is 13.7 Å². The van der Waals surface area contributed by atoms with Crippen LogP contribution in [0.4, 0.5) is 0 Å². The van der Waals surface area contributed by atoms with E-state index in [1.165, 1.54) is 13.3 Å². The van der Waals surface area contributed by atoms with Gasteiger partial charge >= 0.3 is 0 Å². The van der Waals surface area contributed by atoms with Crippen molar-refractivity contribution >= 4 is 39.5 Å². The Kier molecular flexibility index (Phi) is 7.32. The molecular formula is C13H18BrN3O2S. The van der Waals surface area contributed by atoms with Crippen molar-refractivity contribution in [2.24, 2.45) is 5.10 Å². The van der Waals surface area contributed by atoms with Crippen LogP contribution in [0.15, 0.2) is 21.7 Å². The normalized spacial score (nSPS) is 10.6. The minimum absolute atomic E-state index is 0.0334. The lowest BCUT2D eigenvalue weighted by Gasteiger charge is -2.07. The molecule has 1 aromatic rings. The number of aromatic hydroxyl groups is 1. The molecule has 20 heavy (non-hydrogen) atoms. The van der Waals surface area contributed by atoms with Crippen molar-refractivity contribution in [1.29, 1.82) is 0 Å². The van der Waals surface area contributed by atoms with Gasteiger partial charge in [0.15, 0.2) is 16.6 Å². The summed E-state index contributed by atoms with van der Waals surface area (Å²) < 4.78 is 5.85. The minimum atomic E-state index is 0.0334. The Morgan fingerprint density at radius 3 is 2.95 bits per heavy atom. The first kappa shape index (κ1) is 16.7. The highest BCUT2D eigenvalue weighted by atomic mass is 79.9. The summed E-state index contributed by atoms with van der Waals surface area (Å²) in [7, 11) is 1.49. The summed E-state index contributed by atoms with van der Waals surface area (Å²) in [5.74, 6) is 0.413. The molecule has 0 unspecified atom stereocenters. The first-order valence-electron chi connectivity index (χ1n) is 6.21.